The van der Waals surface area contributed by atoms with E-state index in [2.05, 4.69) is 5.32 Å². The lowest BCUT2D eigenvalue weighted by Crippen LogP contribution is -2.25. The SMILES string of the molecule is CC(=O)Oc1ccc(OC(C)=O)c(/C=C/c2ccc3c(c2)NC(=O)CO3)c1. The first-order valence-corrected chi connectivity index (χ1v) is 8.16. The van der Waals surface area contributed by atoms with Gasteiger partial charge in [0.05, 0.1) is 5.69 Å². The Morgan fingerprint density at radius 2 is 1.81 bits per heavy atom. The van der Waals surface area contributed by atoms with Crippen LogP contribution >= 0.6 is 0 Å². The molecule has 1 amide bonds. The Morgan fingerprint density at radius 3 is 2.56 bits per heavy atom. The molecule has 7 heteroatoms. The van der Waals surface area contributed by atoms with E-state index in [9.17, 15) is 14.4 Å². The number of benzene rings is 2. The number of carbonyl (C=O) groups is 3. The Labute approximate surface area is 155 Å². The van der Waals surface area contributed by atoms with Crippen LogP contribution in [-0.4, -0.2) is 24.5 Å². The van der Waals surface area contributed by atoms with E-state index < -0.39 is 11.9 Å². The summed E-state index contributed by atoms with van der Waals surface area (Å²) >= 11 is 0. The summed E-state index contributed by atoms with van der Waals surface area (Å²) in [6, 6.07) is 10.1. The standard InChI is InChI=1S/C20H17NO6/c1-12(22)26-16-6-8-18(27-13(2)23)15(10-16)5-3-14-4-7-19-17(9-14)21-20(24)11-25-19/h3-10H,11H2,1-2H3,(H,21,24)/b5-3+. The van der Waals surface area contributed by atoms with Crippen LogP contribution in [0, 0.1) is 0 Å². The van der Waals surface area contributed by atoms with Gasteiger partial charge in [-0.1, -0.05) is 18.2 Å². The van der Waals surface area contributed by atoms with Gasteiger partial charge in [0.15, 0.2) is 6.61 Å². The van der Waals surface area contributed by atoms with Crippen molar-refractivity contribution >= 4 is 35.7 Å². The lowest BCUT2D eigenvalue weighted by atomic mass is 10.1. The fourth-order valence-electron chi connectivity index (χ4n) is 2.52. The van der Waals surface area contributed by atoms with Gasteiger partial charge in [-0.15, -0.1) is 0 Å². The first-order chi connectivity index (χ1) is 12.9. The van der Waals surface area contributed by atoms with Gasteiger partial charge in [-0.2, -0.15) is 0 Å². The van der Waals surface area contributed by atoms with Gasteiger partial charge >= 0.3 is 11.9 Å². The van der Waals surface area contributed by atoms with Crippen molar-refractivity contribution < 1.29 is 28.6 Å². The highest BCUT2D eigenvalue weighted by Gasteiger charge is 2.15. The second-order valence-corrected chi connectivity index (χ2v) is 5.81. The molecule has 0 spiro atoms. The van der Waals surface area contributed by atoms with Gasteiger partial charge < -0.3 is 19.5 Å². The normalized spacial score (nSPS) is 12.7. The molecule has 0 aliphatic carbocycles. The van der Waals surface area contributed by atoms with E-state index in [4.69, 9.17) is 14.2 Å². The molecule has 0 fully saturated rings. The molecule has 27 heavy (non-hydrogen) atoms. The summed E-state index contributed by atoms with van der Waals surface area (Å²) in [4.78, 5) is 33.9. The predicted octanol–water partition coefficient (Wildman–Crippen LogP) is 3.04. The fraction of sp³-hybridized carbons (Fsp3) is 0.150. The molecule has 0 saturated heterocycles. The molecule has 1 N–H and O–H groups in total. The maximum absolute atomic E-state index is 11.4. The van der Waals surface area contributed by atoms with Crippen LogP contribution in [0.25, 0.3) is 12.2 Å². The first kappa shape index (κ1) is 18.2. The highest BCUT2D eigenvalue weighted by Crippen LogP contribution is 2.30. The van der Waals surface area contributed by atoms with Crippen molar-refractivity contribution in [2.24, 2.45) is 0 Å². The average molecular weight is 367 g/mol. The van der Waals surface area contributed by atoms with Gasteiger partial charge in [-0.05, 0) is 35.9 Å². The van der Waals surface area contributed by atoms with Gasteiger partial charge in [0, 0.05) is 19.4 Å². The van der Waals surface area contributed by atoms with Crippen LogP contribution < -0.4 is 19.5 Å². The van der Waals surface area contributed by atoms with Crippen molar-refractivity contribution in [1.82, 2.24) is 0 Å². The van der Waals surface area contributed by atoms with Crippen LogP contribution in [0.5, 0.6) is 17.2 Å². The molecular weight excluding hydrogens is 350 g/mol. The number of rotatable bonds is 4. The molecule has 1 aliphatic rings. The van der Waals surface area contributed by atoms with Crippen LogP contribution in [0.3, 0.4) is 0 Å². The average Bonchev–Trinajstić information content (AvgIpc) is 2.60. The number of anilines is 1. The van der Waals surface area contributed by atoms with Crippen LogP contribution in [0.2, 0.25) is 0 Å². The van der Waals surface area contributed by atoms with Gasteiger partial charge in [0.1, 0.15) is 17.2 Å². The summed E-state index contributed by atoms with van der Waals surface area (Å²) < 4.78 is 15.6. The molecule has 7 nitrogen and oxygen atoms in total. The fourth-order valence-corrected chi connectivity index (χ4v) is 2.52. The summed E-state index contributed by atoms with van der Waals surface area (Å²) in [5.74, 6) is 0.154. The van der Waals surface area contributed by atoms with E-state index in [1.54, 1.807) is 42.5 Å². The number of amides is 1. The molecule has 138 valence electrons. The number of nitrogens with one attached hydrogen (secondary N) is 1. The minimum atomic E-state index is -0.460. The molecular formula is C20H17NO6. The zero-order chi connectivity index (χ0) is 19.4. The second-order valence-electron chi connectivity index (χ2n) is 5.81. The molecule has 0 bridgehead atoms. The third-order valence-corrected chi connectivity index (χ3v) is 3.59. The number of hydrogen-bond acceptors (Lipinski definition) is 6. The van der Waals surface area contributed by atoms with E-state index in [1.165, 1.54) is 13.8 Å². The third-order valence-electron chi connectivity index (χ3n) is 3.59. The van der Waals surface area contributed by atoms with Gasteiger partial charge in [-0.3, -0.25) is 14.4 Å². The molecule has 0 radical (unpaired) electrons. The van der Waals surface area contributed by atoms with Crippen LogP contribution in [0.4, 0.5) is 5.69 Å². The number of hydrogen-bond donors (Lipinski definition) is 1. The minimum absolute atomic E-state index is 0.00310. The number of ether oxygens (including phenoxy) is 3. The molecule has 2 aromatic rings. The Balaban J connectivity index is 1.90. The lowest BCUT2D eigenvalue weighted by molar-refractivity contribution is -0.133. The number of fused-ring (bicyclic) bond motifs is 1. The molecule has 1 aliphatic heterocycles. The highest BCUT2D eigenvalue weighted by atomic mass is 16.5. The Kier molecular flexibility index (Phi) is 5.21. The lowest BCUT2D eigenvalue weighted by Gasteiger charge is -2.17. The largest absolute Gasteiger partial charge is 0.482 e. The van der Waals surface area contributed by atoms with Crippen molar-refractivity contribution in [3.05, 3.63) is 47.5 Å². The molecule has 0 unspecified atom stereocenters. The van der Waals surface area contributed by atoms with E-state index in [-0.39, 0.29) is 12.5 Å². The van der Waals surface area contributed by atoms with E-state index in [1.807, 2.05) is 6.07 Å². The minimum Gasteiger partial charge on any atom is -0.482 e. The Bertz CT molecular complexity index is 947. The summed E-state index contributed by atoms with van der Waals surface area (Å²) in [7, 11) is 0. The van der Waals surface area contributed by atoms with Crippen molar-refractivity contribution in [1.29, 1.82) is 0 Å². The van der Waals surface area contributed by atoms with E-state index in [0.717, 1.165) is 5.56 Å². The molecule has 3 rings (SSSR count). The summed E-state index contributed by atoms with van der Waals surface area (Å²) in [6.07, 6.45) is 3.50. The van der Waals surface area contributed by atoms with E-state index in [0.29, 0.717) is 28.5 Å². The van der Waals surface area contributed by atoms with Crippen molar-refractivity contribution in [3.8, 4) is 17.2 Å². The maximum atomic E-state index is 11.4. The van der Waals surface area contributed by atoms with Crippen LogP contribution in [0.15, 0.2) is 36.4 Å². The van der Waals surface area contributed by atoms with E-state index >= 15 is 0 Å². The van der Waals surface area contributed by atoms with Crippen LogP contribution in [-0.2, 0) is 14.4 Å². The third kappa shape index (κ3) is 4.72. The van der Waals surface area contributed by atoms with Gasteiger partial charge in [0.2, 0.25) is 0 Å². The molecule has 1 heterocycles. The molecule has 0 saturated carbocycles. The maximum Gasteiger partial charge on any atom is 0.308 e. The monoisotopic (exact) mass is 367 g/mol. The summed E-state index contributed by atoms with van der Waals surface area (Å²) in [6.45, 7) is 2.61. The van der Waals surface area contributed by atoms with Crippen molar-refractivity contribution in [3.63, 3.8) is 0 Å². The van der Waals surface area contributed by atoms with Gasteiger partial charge in [-0.25, -0.2) is 0 Å². The number of carbonyl (C=O) groups excluding carboxylic acids is 3. The summed E-state index contributed by atoms with van der Waals surface area (Å²) in [5.41, 5.74) is 1.94. The molecule has 0 aromatic heterocycles. The Morgan fingerprint density at radius 1 is 1.04 bits per heavy atom. The van der Waals surface area contributed by atoms with Crippen molar-refractivity contribution in [2.45, 2.75) is 13.8 Å². The zero-order valence-corrected chi connectivity index (χ0v) is 14.8. The first-order valence-electron chi connectivity index (χ1n) is 8.16. The van der Waals surface area contributed by atoms with Crippen LogP contribution in [0.1, 0.15) is 25.0 Å². The predicted molar refractivity (Wildman–Crippen MR) is 98.6 cm³/mol. The summed E-state index contributed by atoms with van der Waals surface area (Å²) in [5, 5.41) is 2.74. The second kappa shape index (κ2) is 7.74. The highest BCUT2D eigenvalue weighted by molar-refractivity contribution is 5.96. The smallest absolute Gasteiger partial charge is 0.308 e. The van der Waals surface area contributed by atoms with Crippen molar-refractivity contribution in [2.75, 3.05) is 11.9 Å². The quantitative estimate of drug-likeness (QED) is 0.507. The van der Waals surface area contributed by atoms with Gasteiger partial charge in [0.25, 0.3) is 5.91 Å². The molecule has 2 aromatic carbocycles. The Hall–Kier alpha value is -3.61. The number of esters is 2. The zero-order valence-electron chi connectivity index (χ0n) is 14.8. The molecule has 0 atom stereocenters. The topological polar surface area (TPSA) is 90.9 Å².